The zero-order valence-corrected chi connectivity index (χ0v) is 16.6. The standard InChI is InChI=1S/C25H29NO2/c1-2-19-13-14-22-16-24(25(27)28-18-21-11-7-4-8-12-21)26(23(22)15-19)17-20-9-5-3-6-10-20/h2-12,22-24H,13-18H2,1H3/t22-,23-,24+/m1/s1. The van der Waals surface area contributed by atoms with Gasteiger partial charge in [-0.25, -0.2) is 0 Å². The van der Waals surface area contributed by atoms with Crippen molar-refractivity contribution in [3.8, 4) is 0 Å². The lowest BCUT2D eigenvalue weighted by Gasteiger charge is -2.34. The van der Waals surface area contributed by atoms with Crippen molar-refractivity contribution >= 4 is 5.97 Å². The highest BCUT2D eigenvalue weighted by molar-refractivity contribution is 5.76. The first-order valence-corrected chi connectivity index (χ1v) is 10.4. The number of esters is 1. The summed E-state index contributed by atoms with van der Waals surface area (Å²) in [4.78, 5) is 15.4. The normalized spacial score (nSPS) is 26.2. The summed E-state index contributed by atoms with van der Waals surface area (Å²) in [5.74, 6) is 0.512. The molecule has 3 atom stereocenters. The molecule has 0 aromatic heterocycles. The summed E-state index contributed by atoms with van der Waals surface area (Å²) < 4.78 is 5.74. The van der Waals surface area contributed by atoms with Gasteiger partial charge in [0.2, 0.25) is 0 Å². The van der Waals surface area contributed by atoms with E-state index in [9.17, 15) is 4.79 Å². The van der Waals surface area contributed by atoms with E-state index in [0.29, 0.717) is 18.6 Å². The van der Waals surface area contributed by atoms with Crippen molar-refractivity contribution in [3.05, 3.63) is 83.4 Å². The quantitative estimate of drug-likeness (QED) is 0.537. The van der Waals surface area contributed by atoms with Crippen molar-refractivity contribution < 1.29 is 9.53 Å². The molecule has 0 amide bonds. The highest BCUT2D eigenvalue weighted by atomic mass is 16.5. The minimum Gasteiger partial charge on any atom is -0.460 e. The molecule has 146 valence electrons. The molecule has 0 unspecified atom stereocenters. The van der Waals surface area contributed by atoms with E-state index in [1.807, 2.05) is 36.4 Å². The number of benzene rings is 2. The fourth-order valence-electron chi connectivity index (χ4n) is 4.76. The summed E-state index contributed by atoms with van der Waals surface area (Å²) >= 11 is 0. The van der Waals surface area contributed by atoms with Crippen LogP contribution < -0.4 is 0 Å². The third-order valence-corrected chi connectivity index (χ3v) is 6.32. The molecule has 2 aromatic rings. The van der Waals surface area contributed by atoms with Crippen molar-refractivity contribution in [3.63, 3.8) is 0 Å². The zero-order chi connectivity index (χ0) is 19.3. The molecule has 3 nitrogen and oxygen atoms in total. The fraction of sp³-hybridized carbons (Fsp3) is 0.400. The van der Waals surface area contributed by atoms with E-state index >= 15 is 0 Å². The van der Waals surface area contributed by atoms with Crippen molar-refractivity contribution in [1.82, 2.24) is 4.90 Å². The Morgan fingerprint density at radius 3 is 2.43 bits per heavy atom. The molecule has 4 rings (SSSR count). The van der Waals surface area contributed by atoms with Gasteiger partial charge < -0.3 is 4.74 Å². The van der Waals surface area contributed by atoms with E-state index < -0.39 is 0 Å². The van der Waals surface area contributed by atoms with Crippen LogP contribution in [-0.4, -0.2) is 23.0 Å². The number of allylic oxidation sites excluding steroid dienone is 1. The van der Waals surface area contributed by atoms with Crippen LogP contribution in [0.4, 0.5) is 0 Å². The Kier molecular flexibility index (Phi) is 5.92. The van der Waals surface area contributed by atoms with Crippen molar-refractivity contribution in [2.75, 3.05) is 0 Å². The van der Waals surface area contributed by atoms with Gasteiger partial charge in [-0.2, -0.15) is 0 Å². The first-order valence-electron chi connectivity index (χ1n) is 10.4. The van der Waals surface area contributed by atoms with Crippen LogP contribution in [0.1, 0.15) is 43.7 Å². The van der Waals surface area contributed by atoms with Crippen LogP contribution in [0.15, 0.2) is 72.3 Å². The highest BCUT2D eigenvalue weighted by Crippen LogP contribution is 2.42. The number of likely N-dealkylation sites (tertiary alicyclic amines) is 1. The van der Waals surface area contributed by atoms with E-state index in [4.69, 9.17) is 4.74 Å². The van der Waals surface area contributed by atoms with E-state index in [2.05, 4.69) is 42.2 Å². The number of ether oxygens (including phenoxy) is 1. The van der Waals surface area contributed by atoms with Crippen LogP contribution in [0.5, 0.6) is 0 Å². The molecule has 0 radical (unpaired) electrons. The largest absolute Gasteiger partial charge is 0.460 e. The predicted molar refractivity (Wildman–Crippen MR) is 112 cm³/mol. The summed E-state index contributed by atoms with van der Waals surface area (Å²) in [5.41, 5.74) is 3.83. The van der Waals surface area contributed by atoms with Crippen LogP contribution in [0.3, 0.4) is 0 Å². The average molecular weight is 376 g/mol. The van der Waals surface area contributed by atoms with Gasteiger partial charge in [0.25, 0.3) is 0 Å². The Morgan fingerprint density at radius 2 is 1.75 bits per heavy atom. The molecule has 2 aliphatic rings. The minimum absolute atomic E-state index is 0.0730. The van der Waals surface area contributed by atoms with Crippen LogP contribution in [-0.2, 0) is 22.7 Å². The average Bonchev–Trinajstić information content (AvgIpc) is 3.11. The van der Waals surface area contributed by atoms with Crippen LogP contribution in [0.2, 0.25) is 0 Å². The van der Waals surface area contributed by atoms with Crippen LogP contribution in [0.25, 0.3) is 0 Å². The zero-order valence-electron chi connectivity index (χ0n) is 16.6. The van der Waals surface area contributed by atoms with E-state index in [1.165, 1.54) is 24.0 Å². The lowest BCUT2D eigenvalue weighted by Crippen LogP contribution is -2.42. The van der Waals surface area contributed by atoms with E-state index in [1.54, 1.807) is 0 Å². The van der Waals surface area contributed by atoms with Gasteiger partial charge in [0.15, 0.2) is 0 Å². The molecule has 1 saturated carbocycles. The topological polar surface area (TPSA) is 29.5 Å². The fourth-order valence-corrected chi connectivity index (χ4v) is 4.76. The van der Waals surface area contributed by atoms with Gasteiger partial charge in [0.05, 0.1) is 0 Å². The number of nitrogens with zero attached hydrogens (tertiary/aromatic N) is 1. The smallest absolute Gasteiger partial charge is 0.323 e. The molecule has 28 heavy (non-hydrogen) atoms. The predicted octanol–water partition coefficient (Wildman–Crippen LogP) is 5.12. The third kappa shape index (κ3) is 4.20. The molecule has 2 aromatic carbocycles. The summed E-state index contributed by atoms with van der Waals surface area (Å²) in [6.45, 7) is 3.30. The maximum atomic E-state index is 13.0. The Labute approximate surface area is 168 Å². The van der Waals surface area contributed by atoms with Gasteiger partial charge in [-0.1, -0.05) is 72.3 Å². The first kappa shape index (κ1) is 18.9. The maximum Gasteiger partial charge on any atom is 0.323 e. The molecule has 0 spiro atoms. The number of carbonyl (C=O) groups is 1. The SMILES string of the molecule is CC=C1CC[C@@H]2C[C@@H](C(=O)OCc3ccccc3)N(Cc3ccccc3)[C@@H]2C1. The van der Waals surface area contributed by atoms with Crippen molar-refractivity contribution in [2.45, 2.75) is 57.8 Å². The van der Waals surface area contributed by atoms with Gasteiger partial charge in [-0.15, -0.1) is 0 Å². The second kappa shape index (κ2) is 8.74. The molecular weight excluding hydrogens is 346 g/mol. The van der Waals surface area contributed by atoms with Gasteiger partial charge in [0, 0.05) is 12.6 Å². The Bertz CT molecular complexity index is 815. The molecule has 1 aliphatic heterocycles. The number of hydrogen-bond donors (Lipinski definition) is 0. The molecule has 3 heteroatoms. The minimum atomic E-state index is -0.143. The summed E-state index contributed by atoms with van der Waals surface area (Å²) in [6.07, 6.45) is 6.61. The Balaban J connectivity index is 1.51. The van der Waals surface area contributed by atoms with Gasteiger partial charge >= 0.3 is 5.97 Å². The second-order valence-corrected chi connectivity index (χ2v) is 8.02. The summed E-state index contributed by atoms with van der Waals surface area (Å²) in [6, 6.07) is 20.7. The number of carbonyl (C=O) groups excluding carboxylic acids is 1. The first-order chi connectivity index (χ1) is 13.7. The van der Waals surface area contributed by atoms with E-state index in [0.717, 1.165) is 24.9 Å². The second-order valence-electron chi connectivity index (χ2n) is 8.02. The lowest BCUT2D eigenvalue weighted by molar-refractivity contribution is -0.151. The number of rotatable bonds is 5. The van der Waals surface area contributed by atoms with Crippen LogP contribution >= 0.6 is 0 Å². The van der Waals surface area contributed by atoms with Gasteiger partial charge in [-0.05, 0) is 49.7 Å². The number of fused-ring (bicyclic) bond motifs is 1. The Hall–Kier alpha value is -2.39. The molecule has 1 heterocycles. The van der Waals surface area contributed by atoms with Crippen LogP contribution in [0, 0.1) is 5.92 Å². The molecule has 1 aliphatic carbocycles. The summed E-state index contributed by atoms with van der Waals surface area (Å²) in [7, 11) is 0. The highest BCUT2D eigenvalue weighted by Gasteiger charge is 2.46. The van der Waals surface area contributed by atoms with Gasteiger partial charge in [-0.3, -0.25) is 9.69 Å². The molecule has 1 saturated heterocycles. The van der Waals surface area contributed by atoms with Gasteiger partial charge in [0.1, 0.15) is 12.6 Å². The Morgan fingerprint density at radius 1 is 1.07 bits per heavy atom. The third-order valence-electron chi connectivity index (χ3n) is 6.32. The maximum absolute atomic E-state index is 13.0. The van der Waals surface area contributed by atoms with E-state index in [-0.39, 0.29) is 12.0 Å². The molecule has 0 bridgehead atoms. The van der Waals surface area contributed by atoms with Crippen molar-refractivity contribution in [2.24, 2.45) is 5.92 Å². The van der Waals surface area contributed by atoms with Crippen molar-refractivity contribution in [1.29, 1.82) is 0 Å². The number of hydrogen-bond acceptors (Lipinski definition) is 3. The molecule has 2 fully saturated rings. The molecule has 0 N–H and O–H groups in total. The monoisotopic (exact) mass is 375 g/mol. The summed E-state index contributed by atoms with van der Waals surface area (Å²) in [5, 5.41) is 0. The molecular formula is C25H29NO2. The lowest BCUT2D eigenvalue weighted by atomic mass is 9.81.